The Kier molecular flexibility index (Phi) is 4.77. The second-order valence-corrected chi connectivity index (χ2v) is 5.40. The summed E-state index contributed by atoms with van der Waals surface area (Å²) in [5.41, 5.74) is 2.07. The number of amides is 1. The first-order valence-corrected chi connectivity index (χ1v) is 7.40. The summed E-state index contributed by atoms with van der Waals surface area (Å²) in [5.74, 6) is 0.442. The first-order chi connectivity index (χ1) is 10.0. The van der Waals surface area contributed by atoms with Gasteiger partial charge in [-0.25, -0.2) is 0 Å². The molecule has 1 amide bonds. The van der Waals surface area contributed by atoms with Crippen molar-refractivity contribution in [1.29, 1.82) is 0 Å². The fourth-order valence-corrected chi connectivity index (χ4v) is 2.54. The maximum absolute atomic E-state index is 11.4. The van der Waals surface area contributed by atoms with Gasteiger partial charge in [-0.3, -0.25) is 14.9 Å². The number of nitro groups is 1. The Bertz CT molecular complexity index is 553. The third-order valence-corrected chi connectivity index (χ3v) is 4.05. The molecule has 1 aromatic carbocycles. The summed E-state index contributed by atoms with van der Waals surface area (Å²) in [6.07, 6.45) is 2.98. The molecular weight excluding hydrogens is 270 g/mol. The van der Waals surface area contributed by atoms with Crippen LogP contribution in [0.2, 0.25) is 0 Å². The largest absolute Gasteiger partial charge is 0.379 e. The van der Waals surface area contributed by atoms with E-state index in [1.807, 2.05) is 0 Å². The molecule has 2 rings (SSSR count). The maximum Gasteiger partial charge on any atom is 0.292 e. The van der Waals surface area contributed by atoms with Crippen LogP contribution in [0.5, 0.6) is 0 Å². The average molecular weight is 291 g/mol. The van der Waals surface area contributed by atoms with Crippen LogP contribution < -0.4 is 10.6 Å². The van der Waals surface area contributed by atoms with Crippen molar-refractivity contribution < 1.29 is 9.72 Å². The Labute approximate surface area is 124 Å². The Morgan fingerprint density at radius 2 is 2.05 bits per heavy atom. The summed E-state index contributed by atoms with van der Waals surface area (Å²) < 4.78 is 0. The lowest BCUT2D eigenvalue weighted by molar-refractivity contribution is -0.384. The highest BCUT2D eigenvalue weighted by molar-refractivity contribution is 5.95. The number of anilines is 2. The van der Waals surface area contributed by atoms with E-state index in [-0.39, 0.29) is 16.5 Å². The van der Waals surface area contributed by atoms with Crippen molar-refractivity contribution in [3.8, 4) is 0 Å². The van der Waals surface area contributed by atoms with Gasteiger partial charge in [0.1, 0.15) is 5.69 Å². The van der Waals surface area contributed by atoms with Gasteiger partial charge in [-0.05, 0) is 24.0 Å². The quantitative estimate of drug-likeness (QED) is 0.622. The van der Waals surface area contributed by atoms with E-state index in [4.69, 9.17) is 0 Å². The molecule has 1 aromatic rings. The van der Waals surface area contributed by atoms with E-state index in [1.165, 1.54) is 0 Å². The SMILES string of the molecule is CCC(CC)CNc1cc2c(cc1[N+](=O)[O-])CCC(=O)N2. The van der Waals surface area contributed by atoms with Gasteiger partial charge in [-0.1, -0.05) is 26.7 Å². The van der Waals surface area contributed by atoms with E-state index in [0.29, 0.717) is 36.7 Å². The van der Waals surface area contributed by atoms with E-state index >= 15 is 0 Å². The van der Waals surface area contributed by atoms with Crippen molar-refractivity contribution in [3.63, 3.8) is 0 Å². The highest BCUT2D eigenvalue weighted by atomic mass is 16.6. The predicted molar refractivity (Wildman–Crippen MR) is 82.6 cm³/mol. The highest BCUT2D eigenvalue weighted by Crippen LogP contribution is 2.34. The average Bonchev–Trinajstić information content (AvgIpc) is 2.47. The standard InChI is InChI=1S/C15H21N3O3/c1-3-10(4-2)9-16-13-8-12-11(5-6-15(19)17-12)7-14(13)18(20)21/h7-8,10,16H,3-6,9H2,1-2H3,(H,17,19). The van der Waals surface area contributed by atoms with Crippen LogP contribution >= 0.6 is 0 Å². The zero-order valence-corrected chi connectivity index (χ0v) is 12.4. The summed E-state index contributed by atoms with van der Waals surface area (Å²) in [6, 6.07) is 3.26. The first kappa shape index (κ1) is 15.3. The Morgan fingerprint density at radius 3 is 2.67 bits per heavy atom. The molecule has 0 bridgehead atoms. The van der Waals surface area contributed by atoms with E-state index in [2.05, 4.69) is 24.5 Å². The lowest BCUT2D eigenvalue weighted by Crippen LogP contribution is -2.20. The molecular formula is C15H21N3O3. The van der Waals surface area contributed by atoms with Crippen molar-refractivity contribution in [2.45, 2.75) is 39.5 Å². The van der Waals surface area contributed by atoms with Crippen LogP contribution in [0.4, 0.5) is 17.1 Å². The Morgan fingerprint density at radius 1 is 1.33 bits per heavy atom. The fourth-order valence-electron chi connectivity index (χ4n) is 2.54. The van der Waals surface area contributed by atoms with Crippen molar-refractivity contribution in [1.82, 2.24) is 0 Å². The third kappa shape index (κ3) is 3.51. The predicted octanol–water partition coefficient (Wildman–Crippen LogP) is 3.33. The van der Waals surface area contributed by atoms with Crippen molar-refractivity contribution in [3.05, 3.63) is 27.8 Å². The number of carbonyl (C=O) groups excluding carboxylic acids is 1. The van der Waals surface area contributed by atoms with Crippen LogP contribution in [0.3, 0.4) is 0 Å². The van der Waals surface area contributed by atoms with Gasteiger partial charge in [0.2, 0.25) is 5.91 Å². The van der Waals surface area contributed by atoms with Crippen molar-refractivity contribution in [2.24, 2.45) is 5.92 Å². The molecule has 1 aliphatic rings. The van der Waals surface area contributed by atoms with Crippen molar-refractivity contribution in [2.75, 3.05) is 17.2 Å². The molecule has 0 unspecified atom stereocenters. The summed E-state index contributed by atoms with van der Waals surface area (Å²) in [4.78, 5) is 22.3. The zero-order chi connectivity index (χ0) is 15.4. The fraction of sp³-hybridized carbons (Fsp3) is 0.533. The molecule has 2 N–H and O–H groups in total. The lowest BCUT2D eigenvalue weighted by atomic mass is 10.0. The summed E-state index contributed by atoms with van der Waals surface area (Å²) in [6.45, 7) is 4.91. The van der Waals surface area contributed by atoms with Crippen molar-refractivity contribution >= 4 is 23.0 Å². The molecule has 114 valence electrons. The van der Waals surface area contributed by atoms with Gasteiger partial charge in [0.15, 0.2) is 0 Å². The van der Waals surface area contributed by atoms with Gasteiger partial charge < -0.3 is 10.6 Å². The molecule has 1 heterocycles. The Hall–Kier alpha value is -2.11. The van der Waals surface area contributed by atoms with Gasteiger partial charge in [-0.2, -0.15) is 0 Å². The molecule has 0 saturated heterocycles. The molecule has 0 spiro atoms. The van der Waals surface area contributed by atoms with Crippen LogP contribution in [0, 0.1) is 16.0 Å². The van der Waals surface area contributed by atoms with Gasteiger partial charge in [0.05, 0.1) is 4.92 Å². The van der Waals surface area contributed by atoms with Gasteiger partial charge in [0, 0.05) is 24.7 Å². The maximum atomic E-state index is 11.4. The highest BCUT2D eigenvalue weighted by Gasteiger charge is 2.22. The summed E-state index contributed by atoms with van der Waals surface area (Å²) in [5, 5.41) is 17.2. The first-order valence-electron chi connectivity index (χ1n) is 7.40. The summed E-state index contributed by atoms with van der Waals surface area (Å²) >= 11 is 0. The number of rotatable bonds is 6. The number of hydrogen-bond donors (Lipinski definition) is 2. The lowest BCUT2D eigenvalue weighted by Gasteiger charge is -2.19. The molecule has 6 nitrogen and oxygen atoms in total. The molecule has 0 fully saturated rings. The molecule has 0 atom stereocenters. The third-order valence-electron chi connectivity index (χ3n) is 4.05. The second-order valence-electron chi connectivity index (χ2n) is 5.40. The van der Waals surface area contributed by atoms with Crippen LogP contribution in [0.15, 0.2) is 12.1 Å². The number of aryl methyl sites for hydroxylation is 1. The molecule has 0 aromatic heterocycles. The van der Waals surface area contributed by atoms with Crippen LogP contribution in [-0.2, 0) is 11.2 Å². The molecule has 0 aliphatic carbocycles. The number of hydrogen-bond acceptors (Lipinski definition) is 4. The zero-order valence-electron chi connectivity index (χ0n) is 12.4. The minimum atomic E-state index is -0.369. The van der Waals surface area contributed by atoms with E-state index < -0.39 is 0 Å². The topological polar surface area (TPSA) is 84.3 Å². The molecule has 21 heavy (non-hydrogen) atoms. The number of benzene rings is 1. The van der Waals surface area contributed by atoms with Crippen LogP contribution in [-0.4, -0.2) is 17.4 Å². The van der Waals surface area contributed by atoms with E-state index in [0.717, 1.165) is 18.4 Å². The van der Waals surface area contributed by atoms with Gasteiger partial charge in [-0.15, -0.1) is 0 Å². The van der Waals surface area contributed by atoms with Crippen LogP contribution in [0.1, 0.15) is 38.7 Å². The molecule has 6 heteroatoms. The van der Waals surface area contributed by atoms with E-state index in [1.54, 1.807) is 12.1 Å². The monoisotopic (exact) mass is 291 g/mol. The van der Waals surface area contributed by atoms with Gasteiger partial charge in [0.25, 0.3) is 5.69 Å². The molecule has 0 radical (unpaired) electrons. The number of carbonyl (C=O) groups is 1. The Balaban J connectivity index is 2.27. The smallest absolute Gasteiger partial charge is 0.292 e. The minimum Gasteiger partial charge on any atom is -0.379 e. The number of nitrogens with zero attached hydrogens (tertiary/aromatic N) is 1. The molecule has 0 saturated carbocycles. The number of nitrogens with one attached hydrogen (secondary N) is 2. The number of nitro benzene ring substituents is 1. The number of fused-ring (bicyclic) bond motifs is 1. The molecule has 1 aliphatic heterocycles. The second kappa shape index (κ2) is 6.56. The van der Waals surface area contributed by atoms with E-state index in [9.17, 15) is 14.9 Å². The van der Waals surface area contributed by atoms with Crippen LogP contribution in [0.25, 0.3) is 0 Å². The summed E-state index contributed by atoms with van der Waals surface area (Å²) in [7, 11) is 0. The normalized spacial score (nSPS) is 13.8. The van der Waals surface area contributed by atoms with Gasteiger partial charge >= 0.3 is 0 Å². The minimum absolute atomic E-state index is 0.0395.